The Morgan fingerprint density at radius 3 is 1.89 bits per heavy atom. The van der Waals surface area contributed by atoms with Crippen molar-refractivity contribution in [1.29, 1.82) is 0 Å². The summed E-state index contributed by atoms with van der Waals surface area (Å²) in [6.07, 6.45) is 2.39. The third kappa shape index (κ3) is 5.68. The normalized spacial score (nSPS) is 18.3. The lowest BCUT2D eigenvalue weighted by Gasteiger charge is -2.43. The summed E-state index contributed by atoms with van der Waals surface area (Å²) in [5, 5.41) is 3.11. The van der Waals surface area contributed by atoms with Crippen molar-refractivity contribution < 1.29 is 4.79 Å². The van der Waals surface area contributed by atoms with Crippen LogP contribution in [0.15, 0.2) is 84.9 Å². The summed E-state index contributed by atoms with van der Waals surface area (Å²) in [7, 11) is 0. The summed E-state index contributed by atoms with van der Waals surface area (Å²) in [6.45, 7) is 8.66. The molecule has 2 aliphatic rings. The van der Waals surface area contributed by atoms with Crippen molar-refractivity contribution in [3.05, 3.63) is 96.1 Å². The van der Waals surface area contributed by atoms with Crippen LogP contribution in [0.1, 0.15) is 41.7 Å². The summed E-state index contributed by atoms with van der Waals surface area (Å²) < 4.78 is 0. The highest BCUT2D eigenvalue weighted by Gasteiger charge is 2.27. The van der Waals surface area contributed by atoms with Crippen LogP contribution in [0.4, 0.5) is 11.4 Å². The van der Waals surface area contributed by atoms with E-state index >= 15 is 0 Å². The zero-order valence-corrected chi connectivity index (χ0v) is 20.6. The van der Waals surface area contributed by atoms with Crippen molar-refractivity contribution in [3.8, 4) is 0 Å². The van der Waals surface area contributed by atoms with Crippen LogP contribution in [0.3, 0.4) is 0 Å². The maximum Gasteiger partial charge on any atom is 0.251 e. The maximum absolute atomic E-state index is 12.7. The van der Waals surface area contributed by atoms with Crippen molar-refractivity contribution in [1.82, 2.24) is 10.2 Å². The van der Waals surface area contributed by atoms with Gasteiger partial charge in [0.1, 0.15) is 0 Å². The molecule has 2 heterocycles. The molecule has 0 unspecified atom stereocenters. The van der Waals surface area contributed by atoms with E-state index in [0.717, 1.165) is 44.8 Å². The lowest BCUT2D eigenvalue weighted by atomic mass is 10.0. The Morgan fingerprint density at radius 1 is 0.714 bits per heavy atom. The molecule has 5 heteroatoms. The Labute approximate surface area is 209 Å². The van der Waals surface area contributed by atoms with Gasteiger partial charge >= 0.3 is 0 Å². The van der Waals surface area contributed by atoms with Crippen molar-refractivity contribution in [3.63, 3.8) is 0 Å². The SMILES string of the molecule is C[C@H](NC(=O)c1ccc(N2CCC(N3CCN(c4ccccc4)CC3)CC2)cc1)c1ccccc1. The summed E-state index contributed by atoms with van der Waals surface area (Å²) >= 11 is 0. The van der Waals surface area contributed by atoms with Crippen molar-refractivity contribution >= 4 is 17.3 Å². The second-order valence-electron chi connectivity index (χ2n) is 9.73. The number of nitrogens with zero attached hydrogens (tertiary/aromatic N) is 3. The molecule has 3 aromatic rings. The van der Waals surface area contributed by atoms with E-state index in [9.17, 15) is 4.79 Å². The number of piperidine rings is 1. The highest BCUT2D eigenvalue weighted by Crippen LogP contribution is 2.25. The molecule has 35 heavy (non-hydrogen) atoms. The molecule has 5 nitrogen and oxygen atoms in total. The van der Waals surface area contributed by atoms with Gasteiger partial charge in [0.05, 0.1) is 6.04 Å². The molecular weight excluding hydrogens is 432 g/mol. The lowest BCUT2D eigenvalue weighted by Crippen LogP contribution is -2.53. The molecule has 5 rings (SSSR count). The van der Waals surface area contributed by atoms with Crippen molar-refractivity contribution in [2.45, 2.75) is 31.8 Å². The topological polar surface area (TPSA) is 38.8 Å². The van der Waals surface area contributed by atoms with Gasteiger partial charge in [0.15, 0.2) is 0 Å². The second-order valence-corrected chi connectivity index (χ2v) is 9.73. The molecule has 2 saturated heterocycles. The van der Waals surface area contributed by atoms with Gasteiger partial charge in [0.25, 0.3) is 5.91 Å². The molecule has 0 aromatic heterocycles. The van der Waals surface area contributed by atoms with E-state index < -0.39 is 0 Å². The molecule has 0 spiro atoms. The molecule has 2 aliphatic heterocycles. The number of benzene rings is 3. The molecular formula is C30H36N4O. The fraction of sp³-hybridized carbons (Fsp3) is 0.367. The van der Waals surface area contributed by atoms with E-state index in [-0.39, 0.29) is 11.9 Å². The molecule has 1 N–H and O–H groups in total. The summed E-state index contributed by atoms with van der Waals surface area (Å²) in [6, 6.07) is 29.6. The Kier molecular flexibility index (Phi) is 7.34. The number of carbonyl (C=O) groups excluding carboxylic acids is 1. The molecule has 0 bridgehead atoms. The molecule has 0 aliphatic carbocycles. The predicted molar refractivity (Wildman–Crippen MR) is 144 cm³/mol. The first-order valence-corrected chi connectivity index (χ1v) is 12.9. The van der Waals surface area contributed by atoms with Gasteiger partial charge in [-0.2, -0.15) is 0 Å². The van der Waals surface area contributed by atoms with Gasteiger partial charge in [-0.05, 0) is 61.7 Å². The van der Waals surface area contributed by atoms with E-state index in [1.165, 1.54) is 24.2 Å². The Bertz CT molecular complexity index is 1070. The van der Waals surface area contributed by atoms with Crippen LogP contribution >= 0.6 is 0 Å². The Hall–Kier alpha value is -3.31. The predicted octanol–water partition coefficient (Wildman–Crippen LogP) is 4.97. The Balaban J connectivity index is 1.09. The van der Waals surface area contributed by atoms with Gasteiger partial charge in [-0.3, -0.25) is 9.69 Å². The summed E-state index contributed by atoms with van der Waals surface area (Å²) in [4.78, 5) is 20.4. The second kappa shape index (κ2) is 11.0. The third-order valence-electron chi connectivity index (χ3n) is 7.56. The number of rotatable bonds is 6. The number of carbonyl (C=O) groups is 1. The fourth-order valence-corrected chi connectivity index (χ4v) is 5.40. The first-order valence-electron chi connectivity index (χ1n) is 12.9. The number of anilines is 2. The highest BCUT2D eigenvalue weighted by atomic mass is 16.1. The van der Waals surface area contributed by atoms with Crippen molar-refractivity contribution in [2.75, 3.05) is 49.1 Å². The fourth-order valence-electron chi connectivity index (χ4n) is 5.40. The summed E-state index contributed by atoms with van der Waals surface area (Å²) in [5.41, 5.74) is 4.38. The van der Waals surface area contributed by atoms with Crippen LogP contribution in [-0.2, 0) is 0 Å². The number of hydrogen-bond donors (Lipinski definition) is 1. The van der Waals surface area contributed by atoms with Crippen molar-refractivity contribution in [2.24, 2.45) is 0 Å². The van der Waals surface area contributed by atoms with Crippen LogP contribution < -0.4 is 15.1 Å². The van der Waals surface area contributed by atoms with Gasteiger partial charge in [-0.15, -0.1) is 0 Å². The first kappa shape index (κ1) is 23.4. The minimum atomic E-state index is -0.0266. The number of hydrogen-bond acceptors (Lipinski definition) is 4. The molecule has 3 aromatic carbocycles. The largest absolute Gasteiger partial charge is 0.371 e. The zero-order valence-electron chi connectivity index (χ0n) is 20.6. The van der Waals surface area contributed by atoms with E-state index in [4.69, 9.17) is 0 Å². The van der Waals surface area contributed by atoms with Crippen LogP contribution in [0, 0.1) is 0 Å². The zero-order chi connectivity index (χ0) is 24.0. The number of para-hydroxylation sites is 1. The van der Waals surface area contributed by atoms with Gasteiger partial charge in [-0.25, -0.2) is 0 Å². The van der Waals surface area contributed by atoms with E-state index in [0.29, 0.717) is 11.6 Å². The van der Waals surface area contributed by atoms with Crippen LogP contribution in [-0.4, -0.2) is 56.1 Å². The van der Waals surface area contributed by atoms with Gasteiger partial charge in [0.2, 0.25) is 0 Å². The van der Waals surface area contributed by atoms with E-state index in [1.54, 1.807) is 0 Å². The van der Waals surface area contributed by atoms with E-state index in [1.807, 2.05) is 49.4 Å². The average molecular weight is 469 g/mol. The molecule has 2 fully saturated rings. The third-order valence-corrected chi connectivity index (χ3v) is 7.56. The quantitative estimate of drug-likeness (QED) is 0.555. The average Bonchev–Trinajstić information content (AvgIpc) is 2.94. The Morgan fingerprint density at radius 2 is 1.26 bits per heavy atom. The number of nitrogens with one attached hydrogen (secondary N) is 1. The molecule has 1 atom stereocenters. The van der Waals surface area contributed by atoms with Gasteiger partial charge in [-0.1, -0.05) is 48.5 Å². The van der Waals surface area contributed by atoms with Gasteiger partial charge in [0, 0.05) is 62.2 Å². The molecule has 1 amide bonds. The van der Waals surface area contributed by atoms with E-state index in [2.05, 4.69) is 62.5 Å². The molecule has 182 valence electrons. The number of piperazine rings is 1. The highest BCUT2D eigenvalue weighted by molar-refractivity contribution is 5.94. The monoisotopic (exact) mass is 468 g/mol. The lowest BCUT2D eigenvalue weighted by molar-refractivity contribution is 0.0940. The smallest absolute Gasteiger partial charge is 0.251 e. The minimum absolute atomic E-state index is 0.0167. The van der Waals surface area contributed by atoms with Crippen LogP contribution in [0.2, 0.25) is 0 Å². The molecule has 0 saturated carbocycles. The maximum atomic E-state index is 12.7. The van der Waals surface area contributed by atoms with Gasteiger partial charge < -0.3 is 15.1 Å². The number of amides is 1. The van der Waals surface area contributed by atoms with Crippen LogP contribution in [0.25, 0.3) is 0 Å². The summed E-state index contributed by atoms with van der Waals surface area (Å²) in [5.74, 6) is -0.0266. The minimum Gasteiger partial charge on any atom is -0.371 e. The standard InChI is InChI=1S/C30H36N4O/c1-24(25-8-4-2-5-9-25)31-30(35)26-12-14-28(15-13-26)32-18-16-29(17-19-32)34-22-20-33(21-23-34)27-10-6-3-7-11-27/h2-15,24,29H,16-23H2,1H3,(H,31,35)/t24-/m0/s1. The molecule has 0 radical (unpaired) electrons. The first-order chi connectivity index (χ1) is 17.2. The van der Waals surface area contributed by atoms with Crippen LogP contribution in [0.5, 0.6) is 0 Å².